The molecule has 23 heavy (non-hydrogen) atoms. The highest BCUT2D eigenvalue weighted by Crippen LogP contribution is 2.31. The quantitative estimate of drug-likeness (QED) is 0.656. The van der Waals surface area contributed by atoms with Crippen LogP contribution >= 0.6 is 11.8 Å². The summed E-state index contributed by atoms with van der Waals surface area (Å²) in [7, 11) is -2.87. The van der Waals surface area contributed by atoms with Crippen LogP contribution in [0.3, 0.4) is 0 Å². The van der Waals surface area contributed by atoms with Crippen LogP contribution in [-0.2, 0) is 14.7 Å². The van der Waals surface area contributed by atoms with Gasteiger partial charge in [-0.3, -0.25) is 10.2 Å². The normalized spacial score (nSPS) is 39.4. The van der Waals surface area contributed by atoms with Crippen LogP contribution in [0, 0.1) is 5.92 Å². The summed E-state index contributed by atoms with van der Waals surface area (Å²) in [6, 6.07) is 0.462. The number of hydrogen-bond acceptors (Lipinski definition) is 7. The Kier molecular flexibility index (Phi) is 6.25. The fraction of sp³-hybridized carbons (Fsp3) is 1.00. The van der Waals surface area contributed by atoms with Gasteiger partial charge in [-0.05, 0) is 38.0 Å². The SMILES string of the molecule is CS(=O)(=O)C1CCC(C2CNCC(SCC3CCNO3)N2)CC1. The molecule has 0 radical (unpaired) electrons. The Labute approximate surface area is 143 Å². The number of thioether (sulfide) groups is 1. The van der Waals surface area contributed by atoms with Gasteiger partial charge in [-0.15, -0.1) is 11.8 Å². The summed E-state index contributed by atoms with van der Waals surface area (Å²) in [5.41, 5.74) is 2.94. The predicted octanol–water partition coefficient (Wildman–Crippen LogP) is 0.504. The van der Waals surface area contributed by atoms with E-state index in [2.05, 4.69) is 16.1 Å². The number of nitrogens with one attached hydrogen (secondary N) is 3. The largest absolute Gasteiger partial charge is 0.313 e. The van der Waals surface area contributed by atoms with Crippen LogP contribution in [0.2, 0.25) is 0 Å². The zero-order valence-corrected chi connectivity index (χ0v) is 15.4. The summed E-state index contributed by atoms with van der Waals surface area (Å²) < 4.78 is 23.4. The molecule has 3 unspecified atom stereocenters. The predicted molar refractivity (Wildman–Crippen MR) is 94.1 cm³/mol. The first-order valence-electron chi connectivity index (χ1n) is 8.68. The van der Waals surface area contributed by atoms with Crippen LogP contribution in [0.15, 0.2) is 0 Å². The van der Waals surface area contributed by atoms with Gasteiger partial charge in [0.05, 0.1) is 16.7 Å². The lowest BCUT2D eigenvalue weighted by molar-refractivity contribution is 0.0478. The number of rotatable bonds is 5. The van der Waals surface area contributed by atoms with Crippen molar-refractivity contribution in [3.05, 3.63) is 0 Å². The molecule has 0 aromatic carbocycles. The molecular formula is C15H29N3O3S2. The third-order valence-corrected chi connectivity index (χ3v) is 8.24. The topological polar surface area (TPSA) is 79.5 Å². The number of hydrogen-bond donors (Lipinski definition) is 3. The minimum Gasteiger partial charge on any atom is -0.313 e. The lowest BCUT2D eigenvalue weighted by atomic mass is 9.83. The highest BCUT2D eigenvalue weighted by atomic mass is 32.2. The van der Waals surface area contributed by atoms with E-state index in [1.54, 1.807) is 0 Å². The Morgan fingerprint density at radius 3 is 2.57 bits per heavy atom. The second-order valence-electron chi connectivity index (χ2n) is 7.04. The van der Waals surface area contributed by atoms with E-state index in [9.17, 15) is 8.42 Å². The van der Waals surface area contributed by atoms with E-state index < -0.39 is 9.84 Å². The molecule has 8 heteroatoms. The zero-order valence-electron chi connectivity index (χ0n) is 13.8. The molecule has 1 aliphatic carbocycles. The fourth-order valence-corrected chi connectivity index (χ4v) is 6.17. The lowest BCUT2D eigenvalue weighted by Gasteiger charge is -2.39. The van der Waals surface area contributed by atoms with E-state index in [0.29, 0.717) is 23.4 Å². The molecule has 3 N–H and O–H groups in total. The van der Waals surface area contributed by atoms with E-state index in [1.165, 1.54) is 6.26 Å². The molecule has 2 heterocycles. The highest BCUT2D eigenvalue weighted by molar-refractivity contribution is 7.99. The van der Waals surface area contributed by atoms with Gasteiger partial charge in [-0.25, -0.2) is 13.9 Å². The number of sulfone groups is 1. The maximum Gasteiger partial charge on any atom is 0.150 e. The molecule has 0 amide bonds. The van der Waals surface area contributed by atoms with Crippen molar-refractivity contribution < 1.29 is 13.3 Å². The molecule has 3 atom stereocenters. The van der Waals surface area contributed by atoms with Crippen molar-refractivity contribution in [2.75, 3.05) is 31.6 Å². The molecule has 2 aliphatic heterocycles. The van der Waals surface area contributed by atoms with Crippen molar-refractivity contribution in [1.29, 1.82) is 0 Å². The van der Waals surface area contributed by atoms with Gasteiger partial charge < -0.3 is 5.32 Å². The fourth-order valence-electron chi connectivity index (χ4n) is 3.85. The molecule has 3 fully saturated rings. The van der Waals surface area contributed by atoms with Crippen LogP contribution in [-0.4, -0.2) is 62.8 Å². The second-order valence-corrected chi connectivity index (χ2v) is 10.6. The average molecular weight is 364 g/mol. The molecular weight excluding hydrogens is 334 g/mol. The Bertz CT molecular complexity index is 474. The Morgan fingerprint density at radius 1 is 1.13 bits per heavy atom. The first-order chi connectivity index (χ1) is 11.0. The number of piperazine rings is 1. The van der Waals surface area contributed by atoms with Gasteiger partial charge in [0.15, 0.2) is 0 Å². The van der Waals surface area contributed by atoms with Crippen molar-refractivity contribution in [2.24, 2.45) is 5.92 Å². The second kappa shape index (κ2) is 8.01. The molecule has 2 saturated heterocycles. The van der Waals surface area contributed by atoms with Gasteiger partial charge in [0, 0.05) is 37.7 Å². The van der Waals surface area contributed by atoms with Crippen LogP contribution in [0.4, 0.5) is 0 Å². The molecule has 1 saturated carbocycles. The molecule has 0 aromatic heterocycles. The molecule has 3 rings (SSSR count). The maximum absolute atomic E-state index is 11.7. The third-order valence-electron chi connectivity index (χ3n) is 5.29. The Morgan fingerprint density at radius 2 is 1.91 bits per heavy atom. The summed E-state index contributed by atoms with van der Waals surface area (Å²) in [5, 5.41) is 7.62. The summed E-state index contributed by atoms with van der Waals surface area (Å²) in [4.78, 5) is 5.45. The third kappa shape index (κ3) is 5.06. The Hall–Kier alpha value is 0.140. The monoisotopic (exact) mass is 363 g/mol. The molecule has 0 spiro atoms. The minimum atomic E-state index is -2.87. The molecule has 0 aromatic rings. The van der Waals surface area contributed by atoms with Gasteiger partial charge in [0.1, 0.15) is 9.84 Å². The van der Waals surface area contributed by atoms with E-state index in [-0.39, 0.29) is 5.25 Å². The minimum absolute atomic E-state index is 0.118. The first-order valence-corrected chi connectivity index (χ1v) is 11.7. The van der Waals surface area contributed by atoms with Crippen molar-refractivity contribution in [1.82, 2.24) is 16.1 Å². The standard InChI is InChI=1S/C15H29N3O3S2/c1-23(19,20)13-4-2-11(3-5-13)14-8-16-9-15(18-14)22-10-12-6-7-17-21-12/h11-18H,2-10H2,1H3. The summed E-state index contributed by atoms with van der Waals surface area (Å²) in [6.07, 6.45) is 6.47. The van der Waals surface area contributed by atoms with Crippen LogP contribution in [0.25, 0.3) is 0 Å². The van der Waals surface area contributed by atoms with Crippen LogP contribution in [0.1, 0.15) is 32.1 Å². The van der Waals surface area contributed by atoms with Gasteiger partial charge in [0.2, 0.25) is 0 Å². The first kappa shape index (κ1) is 17.9. The Balaban J connectivity index is 1.43. The zero-order chi connectivity index (χ0) is 16.3. The van der Waals surface area contributed by atoms with Gasteiger partial charge >= 0.3 is 0 Å². The summed E-state index contributed by atoms with van der Waals surface area (Å²) >= 11 is 1.93. The van der Waals surface area contributed by atoms with Crippen molar-refractivity contribution >= 4 is 21.6 Å². The van der Waals surface area contributed by atoms with Crippen molar-refractivity contribution in [3.8, 4) is 0 Å². The molecule has 3 aliphatic rings. The van der Waals surface area contributed by atoms with Gasteiger partial charge in [-0.2, -0.15) is 0 Å². The van der Waals surface area contributed by atoms with Crippen LogP contribution < -0.4 is 16.1 Å². The van der Waals surface area contributed by atoms with E-state index in [1.807, 2.05) is 11.8 Å². The summed E-state index contributed by atoms with van der Waals surface area (Å²) in [6.45, 7) is 2.93. The smallest absolute Gasteiger partial charge is 0.150 e. The van der Waals surface area contributed by atoms with Crippen LogP contribution in [0.5, 0.6) is 0 Å². The average Bonchev–Trinajstić information content (AvgIpc) is 3.06. The van der Waals surface area contributed by atoms with Crippen molar-refractivity contribution in [2.45, 2.75) is 54.9 Å². The van der Waals surface area contributed by atoms with Crippen molar-refractivity contribution in [3.63, 3.8) is 0 Å². The van der Waals surface area contributed by atoms with E-state index in [4.69, 9.17) is 4.84 Å². The molecule has 6 nitrogen and oxygen atoms in total. The molecule has 134 valence electrons. The van der Waals surface area contributed by atoms with E-state index in [0.717, 1.165) is 57.5 Å². The van der Waals surface area contributed by atoms with E-state index >= 15 is 0 Å². The maximum atomic E-state index is 11.7. The number of hydroxylamine groups is 1. The van der Waals surface area contributed by atoms with Gasteiger partial charge in [0.25, 0.3) is 0 Å². The molecule has 0 bridgehead atoms. The highest BCUT2D eigenvalue weighted by Gasteiger charge is 2.34. The lowest BCUT2D eigenvalue weighted by Crippen LogP contribution is -2.57. The van der Waals surface area contributed by atoms with Gasteiger partial charge in [-0.1, -0.05) is 0 Å². The summed E-state index contributed by atoms with van der Waals surface area (Å²) in [5.74, 6) is 1.60.